The standard InChI is InChI=1S/C13H23F3N2O3/c1-12(2,3)21-11(19)18-6-7-20-8-10(18)9(17)4-5-13(14,15)16/h9-10H,4-8,17H2,1-3H3. The Labute approximate surface area is 122 Å². The van der Waals surface area contributed by atoms with Gasteiger partial charge >= 0.3 is 12.3 Å². The van der Waals surface area contributed by atoms with Crippen molar-refractivity contribution in [2.75, 3.05) is 19.8 Å². The van der Waals surface area contributed by atoms with Crippen molar-refractivity contribution in [3.63, 3.8) is 0 Å². The summed E-state index contributed by atoms with van der Waals surface area (Å²) in [6.45, 7) is 5.89. The summed E-state index contributed by atoms with van der Waals surface area (Å²) in [6, 6.07) is -1.41. The zero-order valence-electron chi connectivity index (χ0n) is 12.6. The van der Waals surface area contributed by atoms with Gasteiger partial charge in [0.15, 0.2) is 0 Å². The number of rotatable bonds is 3. The van der Waals surface area contributed by atoms with Crippen molar-refractivity contribution >= 4 is 6.09 Å². The van der Waals surface area contributed by atoms with Crippen molar-refractivity contribution in [3.8, 4) is 0 Å². The molecule has 1 aliphatic rings. The first-order chi connectivity index (χ1) is 9.49. The van der Waals surface area contributed by atoms with Gasteiger partial charge in [-0.3, -0.25) is 4.90 Å². The molecule has 1 aliphatic heterocycles. The lowest BCUT2D eigenvalue weighted by Gasteiger charge is -2.39. The summed E-state index contributed by atoms with van der Waals surface area (Å²) in [5.74, 6) is 0. The van der Waals surface area contributed by atoms with E-state index in [9.17, 15) is 18.0 Å². The summed E-state index contributed by atoms with van der Waals surface area (Å²) in [4.78, 5) is 13.5. The molecule has 1 fully saturated rings. The molecule has 0 bridgehead atoms. The summed E-state index contributed by atoms with van der Waals surface area (Å²) in [5, 5.41) is 0. The fourth-order valence-corrected chi connectivity index (χ4v) is 2.05. The molecule has 5 nitrogen and oxygen atoms in total. The number of hydrogen-bond acceptors (Lipinski definition) is 4. The van der Waals surface area contributed by atoms with E-state index in [-0.39, 0.29) is 19.6 Å². The second kappa shape index (κ2) is 6.83. The van der Waals surface area contributed by atoms with Crippen LogP contribution in [0.15, 0.2) is 0 Å². The van der Waals surface area contributed by atoms with E-state index in [0.717, 1.165) is 0 Å². The van der Waals surface area contributed by atoms with Gasteiger partial charge in [-0.1, -0.05) is 0 Å². The Bertz CT molecular complexity index is 356. The van der Waals surface area contributed by atoms with Gasteiger partial charge in [0, 0.05) is 19.0 Å². The van der Waals surface area contributed by atoms with Crippen LogP contribution >= 0.6 is 0 Å². The molecule has 8 heteroatoms. The minimum absolute atomic E-state index is 0.123. The fraction of sp³-hybridized carbons (Fsp3) is 0.923. The Morgan fingerprint density at radius 3 is 2.57 bits per heavy atom. The van der Waals surface area contributed by atoms with Gasteiger partial charge in [0.1, 0.15) is 5.60 Å². The molecular formula is C13H23F3N2O3. The summed E-state index contributed by atoms with van der Waals surface area (Å²) < 4.78 is 47.3. The van der Waals surface area contributed by atoms with Crippen LogP contribution in [0.1, 0.15) is 33.6 Å². The van der Waals surface area contributed by atoms with Crippen LogP contribution in [0.3, 0.4) is 0 Å². The summed E-state index contributed by atoms with van der Waals surface area (Å²) >= 11 is 0. The van der Waals surface area contributed by atoms with Crippen LogP contribution in [0.5, 0.6) is 0 Å². The second-order valence-electron chi connectivity index (χ2n) is 6.13. The molecule has 124 valence electrons. The minimum Gasteiger partial charge on any atom is -0.444 e. The average molecular weight is 312 g/mol. The Balaban J connectivity index is 2.66. The molecule has 2 unspecified atom stereocenters. The SMILES string of the molecule is CC(C)(C)OC(=O)N1CCOCC1C(N)CCC(F)(F)F. The predicted octanol–water partition coefficient (Wildman–Crippen LogP) is 2.29. The van der Waals surface area contributed by atoms with Crippen LogP contribution in [0.4, 0.5) is 18.0 Å². The normalized spacial score (nSPS) is 22.0. The molecule has 1 amide bonds. The third kappa shape index (κ3) is 6.52. The highest BCUT2D eigenvalue weighted by molar-refractivity contribution is 5.68. The van der Waals surface area contributed by atoms with Gasteiger partial charge in [-0.05, 0) is 27.2 Å². The van der Waals surface area contributed by atoms with Gasteiger partial charge in [0.05, 0.1) is 19.3 Å². The van der Waals surface area contributed by atoms with Gasteiger partial charge in [-0.15, -0.1) is 0 Å². The number of morpholine rings is 1. The maximum Gasteiger partial charge on any atom is 0.410 e. The molecular weight excluding hydrogens is 289 g/mol. The first-order valence-electron chi connectivity index (χ1n) is 6.89. The quantitative estimate of drug-likeness (QED) is 0.868. The molecule has 0 saturated carbocycles. The number of amides is 1. The Morgan fingerprint density at radius 2 is 2.05 bits per heavy atom. The van der Waals surface area contributed by atoms with E-state index in [4.69, 9.17) is 15.2 Å². The van der Waals surface area contributed by atoms with E-state index < -0.39 is 36.4 Å². The Kier molecular flexibility index (Phi) is 5.86. The smallest absolute Gasteiger partial charge is 0.410 e. The van der Waals surface area contributed by atoms with Crippen LogP contribution in [-0.2, 0) is 9.47 Å². The van der Waals surface area contributed by atoms with Crippen LogP contribution in [0.25, 0.3) is 0 Å². The molecule has 1 saturated heterocycles. The summed E-state index contributed by atoms with van der Waals surface area (Å²) in [7, 11) is 0. The molecule has 2 atom stereocenters. The van der Waals surface area contributed by atoms with Gasteiger partial charge in [-0.25, -0.2) is 4.79 Å². The van der Waals surface area contributed by atoms with Crippen LogP contribution in [0.2, 0.25) is 0 Å². The lowest BCUT2D eigenvalue weighted by molar-refractivity contribution is -0.137. The third-order valence-corrected chi connectivity index (χ3v) is 3.05. The Hall–Kier alpha value is -1.02. The topological polar surface area (TPSA) is 64.8 Å². The first-order valence-corrected chi connectivity index (χ1v) is 6.89. The van der Waals surface area contributed by atoms with Crippen molar-refractivity contribution in [2.24, 2.45) is 5.73 Å². The number of nitrogens with two attached hydrogens (primary N) is 1. The van der Waals surface area contributed by atoms with E-state index in [1.165, 1.54) is 4.90 Å². The molecule has 0 radical (unpaired) electrons. The number of nitrogens with zero attached hydrogens (tertiary/aromatic N) is 1. The van der Waals surface area contributed by atoms with Crippen LogP contribution < -0.4 is 5.73 Å². The van der Waals surface area contributed by atoms with Crippen molar-refractivity contribution in [1.82, 2.24) is 4.90 Å². The lowest BCUT2D eigenvalue weighted by Crippen LogP contribution is -2.57. The van der Waals surface area contributed by atoms with E-state index in [0.29, 0.717) is 6.61 Å². The number of carbonyl (C=O) groups excluding carboxylic acids is 1. The molecule has 0 aliphatic carbocycles. The first kappa shape index (κ1) is 18.0. The summed E-state index contributed by atoms with van der Waals surface area (Å²) in [6.07, 6.45) is -6.06. The molecule has 2 N–H and O–H groups in total. The molecule has 21 heavy (non-hydrogen) atoms. The minimum atomic E-state index is -4.26. The maximum absolute atomic E-state index is 12.3. The number of carbonyl (C=O) groups is 1. The highest BCUT2D eigenvalue weighted by Crippen LogP contribution is 2.24. The number of hydrogen-bond donors (Lipinski definition) is 1. The molecule has 0 aromatic heterocycles. The van der Waals surface area contributed by atoms with Crippen LogP contribution in [-0.4, -0.2) is 54.6 Å². The van der Waals surface area contributed by atoms with Crippen molar-refractivity contribution in [3.05, 3.63) is 0 Å². The number of halogens is 3. The molecule has 0 spiro atoms. The zero-order chi connectivity index (χ0) is 16.3. The van der Waals surface area contributed by atoms with Crippen molar-refractivity contribution in [2.45, 2.75) is 57.5 Å². The largest absolute Gasteiger partial charge is 0.444 e. The number of ether oxygens (including phenoxy) is 2. The van der Waals surface area contributed by atoms with E-state index in [2.05, 4.69) is 0 Å². The Morgan fingerprint density at radius 1 is 1.43 bits per heavy atom. The molecule has 1 heterocycles. The van der Waals surface area contributed by atoms with E-state index in [1.807, 2.05) is 0 Å². The third-order valence-electron chi connectivity index (χ3n) is 3.05. The monoisotopic (exact) mass is 312 g/mol. The lowest BCUT2D eigenvalue weighted by atomic mass is 10.0. The van der Waals surface area contributed by atoms with E-state index in [1.54, 1.807) is 20.8 Å². The van der Waals surface area contributed by atoms with Gasteiger partial charge < -0.3 is 15.2 Å². The van der Waals surface area contributed by atoms with Crippen molar-refractivity contribution in [1.29, 1.82) is 0 Å². The molecule has 0 aromatic carbocycles. The van der Waals surface area contributed by atoms with Crippen LogP contribution in [0, 0.1) is 0 Å². The van der Waals surface area contributed by atoms with Crippen molar-refractivity contribution < 1.29 is 27.4 Å². The highest BCUT2D eigenvalue weighted by Gasteiger charge is 2.36. The molecule has 0 aromatic rings. The predicted molar refractivity (Wildman–Crippen MR) is 70.8 cm³/mol. The average Bonchev–Trinajstić information content (AvgIpc) is 2.33. The van der Waals surface area contributed by atoms with Gasteiger partial charge in [0.2, 0.25) is 0 Å². The number of alkyl halides is 3. The zero-order valence-corrected chi connectivity index (χ0v) is 12.6. The van der Waals surface area contributed by atoms with E-state index >= 15 is 0 Å². The van der Waals surface area contributed by atoms with Gasteiger partial charge in [-0.2, -0.15) is 13.2 Å². The summed E-state index contributed by atoms with van der Waals surface area (Å²) in [5.41, 5.74) is 5.15. The fourth-order valence-electron chi connectivity index (χ4n) is 2.05. The maximum atomic E-state index is 12.3. The highest BCUT2D eigenvalue weighted by atomic mass is 19.4. The molecule has 1 rings (SSSR count). The second-order valence-corrected chi connectivity index (χ2v) is 6.13. The van der Waals surface area contributed by atoms with Gasteiger partial charge in [0.25, 0.3) is 0 Å².